The third kappa shape index (κ3) is 4.33. The summed E-state index contributed by atoms with van der Waals surface area (Å²) in [7, 11) is 0. The van der Waals surface area contributed by atoms with Crippen molar-refractivity contribution in [1.29, 1.82) is 0 Å². The van der Waals surface area contributed by atoms with E-state index in [0.29, 0.717) is 11.6 Å². The molecular formula is C28H27F2N3O. The maximum absolute atomic E-state index is 14.3. The van der Waals surface area contributed by atoms with Gasteiger partial charge in [0.05, 0.1) is 5.56 Å². The van der Waals surface area contributed by atoms with Crippen LogP contribution in [0.1, 0.15) is 13.8 Å². The number of aromatic nitrogens is 1. The van der Waals surface area contributed by atoms with E-state index >= 15 is 0 Å². The minimum atomic E-state index is -0.632. The molecule has 0 amide bonds. The number of rotatable bonds is 4. The first kappa shape index (κ1) is 22.3. The lowest BCUT2D eigenvalue weighted by molar-refractivity contribution is 0.209. The average molecular weight is 460 g/mol. The number of hydrogen-bond donors (Lipinski definition) is 1. The molecule has 34 heavy (non-hydrogen) atoms. The molecule has 0 saturated carbocycles. The summed E-state index contributed by atoms with van der Waals surface area (Å²) in [5.74, 6) is -1.22. The fourth-order valence-electron chi connectivity index (χ4n) is 4.65. The standard InChI is InChI=1S/C28H27F2N3O/c1-18(2)32-11-13-33(14-12-32)23-7-3-19(4-8-23)20-5-10-27-21(15-20)16-25(28(34)31-27)24-17-22(29)6-9-26(24)30/h3-10,15-18H,11-14H2,1-2H3,(H,31,34). The summed E-state index contributed by atoms with van der Waals surface area (Å²) in [5, 5.41) is 0.754. The second kappa shape index (κ2) is 9.03. The van der Waals surface area contributed by atoms with Crippen LogP contribution in [0.4, 0.5) is 14.5 Å². The van der Waals surface area contributed by atoms with Gasteiger partial charge in [0.1, 0.15) is 11.6 Å². The third-order valence-electron chi connectivity index (χ3n) is 6.67. The Morgan fingerprint density at radius 2 is 1.50 bits per heavy atom. The van der Waals surface area contributed by atoms with Crippen molar-refractivity contribution < 1.29 is 8.78 Å². The highest BCUT2D eigenvalue weighted by Gasteiger charge is 2.19. The number of H-pyrrole nitrogens is 1. The van der Waals surface area contributed by atoms with E-state index in [-0.39, 0.29) is 11.1 Å². The quantitative estimate of drug-likeness (QED) is 0.427. The Morgan fingerprint density at radius 1 is 0.794 bits per heavy atom. The minimum absolute atomic E-state index is 0.0459. The van der Waals surface area contributed by atoms with Crippen molar-refractivity contribution in [1.82, 2.24) is 9.88 Å². The second-order valence-electron chi connectivity index (χ2n) is 9.10. The first-order valence-electron chi connectivity index (χ1n) is 11.6. The van der Waals surface area contributed by atoms with Gasteiger partial charge < -0.3 is 9.88 Å². The number of halogens is 2. The van der Waals surface area contributed by atoms with Gasteiger partial charge in [-0.05, 0) is 78.9 Å². The van der Waals surface area contributed by atoms with E-state index in [2.05, 4.69) is 52.9 Å². The van der Waals surface area contributed by atoms with Crippen molar-refractivity contribution in [3.05, 3.63) is 88.7 Å². The van der Waals surface area contributed by atoms with Gasteiger partial charge in [-0.25, -0.2) is 8.78 Å². The van der Waals surface area contributed by atoms with Crippen LogP contribution in [0, 0.1) is 11.6 Å². The minimum Gasteiger partial charge on any atom is -0.369 e. The van der Waals surface area contributed by atoms with Crippen LogP contribution in [0.2, 0.25) is 0 Å². The number of pyridine rings is 1. The maximum atomic E-state index is 14.3. The number of nitrogens with one attached hydrogen (secondary N) is 1. The maximum Gasteiger partial charge on any atom is 0.256 e. The van der Waals surface area contributed by atoms with Crippen LogP contribution in [-0.4, -0.2) is 42.1 Å². The molecule has 5 rings (SSSR count). The zero-order chi connectivity index (χ0) is 23.8. The van der Waals surface area contributed by atoms with Crippen LogP contribution in [0.5, 0.6) is 0 Å². The molecule has 174 valence electrons. The molecule has 1 aliphatic rings. The smallest absolute Gasteiger partial charge is 0.256 e. The molecule has 0 bridgehead atoms. The van der Waals surface area contributed by atoms with Crippen LogP contribution >= 0.6 is 0 Å². The summed E-state index contributed by atoms with van der Waals surface area (Å²) in [6, 6.07) is 19.6. The Balaban J connectivity index is 1.43. The van der Waals surface area contributed by atoms with Crippen molar-refractivity contribution in [2.75, 3.05) is 31.1 Å². The largest absolute Gasteiger partial charge is 0.369 e. The van der Waals surface area contributed by atoms with Crippen molar-refractivity contribution in [3.63, 3.8) is 0 Å². The molecule has 3 aromatic carbocycles. The molecule has 4 nitrogen and oxygen atoms in total. The summed E-state index contributed by atoms with van der Waals surface area (Å²) < 4.78 is 28.0. The predicted molar refractivity (Wildman–Crippen MR) is 134 cm³/mol. The van der Waals surface area contributed by atoms with Gasteiger partial charge in [-0.15, -0.1) is 0 Å². The van der Waals surface area contributed by atoms with E-state index in [4.69, 9.17) is 0 Å². The van der Waals surface area contributed by atoms with Crippen LogP contribution in [0.25, 0.3) is 33.2 Å². The summed E-state index contributed by atoms with van der Waals surface area (Å²) in [4.78, 5) is 20.2. The lowest BCUT2D eigenvalue weighted by Gasteiger charge is -2.38. The fraction of sp³-hybridized carbons (Fsp3) is 0.250. The molecule has 6 heteroatoms. The number of benzene rings is 3. The van der Waals surface area contributed by atoms with E-state index in [1.54, 1.807) is 6.07 Å². The Labute approximate surface area is 197 Å². The first-order chi connectivity index (χ1) is 16.4. The lowest BCUT2D eigenvalue weighted by Crippen LogP contribution is -2.48. The molecule has 1 fully saturated rings. The molecule has 0 aliphatic carbocycles. The Bertz CT molecular complexity index is 1390. The summed E-state index contributed by atoms with van der Waals surface area (Å²) in [6.45, 7) is 8.64. The van der Waals surface area contributed by atoms with Gasteiger partial charge in [-0.2, -0.15) is 0 Å². The summed E-state index contributed by atoms with van der Waals surface area (Å²) in [5.41, 5.74) is 3.51. The van der Waals surface area contributed by atoms with Crippen molar-refractivity contribution in [2.24, 2.45) is 0 Å². The van der Waals surface area contributed by atoms with E-state index in [1.165, 1.54) is 5.69 Å². The zero-order valence-electron chi connectivity index (χ0n) is 19.3. The Hall–Kier alpha value is -3.51. The SMILES string of the molecule is CC(C)N1CCN(c2ccc(-c3ccc4[nH]c(=O)c(-c5cc(F)ccc5F)cc4c3)cc2)CC1. The van der Waals surface area contributed by atoms with Gasteiger partial charge in [0.15, 0.2) is 0 Å². The summed E-state index contributed by atoms with van der Waals surface area (Å²) in [6.07, 6.45) is 0. The number of piperazine rings is 1. The molecule has 1 aliphatic heterocycles. The van der Waals surface area contributed by atoms with Crippen LogP contribution in [0.3, 0.4) is 0 Å². The topological polar surface area (TPSA) is 39.3 Å². The second-order valence-corrected chi connectivity index (χ2v) is 9.10. The lowest BCUT2D eigenvalue weighted by atomic mass is 10.00. The van der Waals surface area contributed by atoms with Gasteiger partial charge in [0, 0.05) is 49.0 Å². The van der Waals surface area contributed by atoms with E-state index < -0.39 is 17.2 Å². The van der Waals surface area contributed by atoms with Crippen molar-refractivity contribution >= 4 is 16.6 Å². The molecule has 0 atom stereocenters. The fourth-order valence-corrected chi connectivity index (χ4v) is 4.65. The van der Waals surface area contributed by atoms with Crippen LogP contribution in [0.15, 0.2) is 71.5 Å². The number of anilines is 1. The third-order valence-corrected chi connectivity index (χ3v) is 6.67. The number of fused-ring (bicyclic) bond motifs is 1. The van der Waals surface area contributed by atoms with Gasteiger partial charge in [0.25, 0.3) is 5.56 Å². The number of hydrogen-bond acceptors (Lipinski definition) is 3. The van der Waals surface area contributed by atoms with Gasteiger partial charge in [0.2, 0.25) is 0 Å². The molecule has 0 spiro atoms. The highest BCUT2D eigenvalue weighted by atomic mass is 19.1. The van der Waals surface area contributed by atoms with E-state index in [9.17, 15) is 13.6 Å². The summed E-state index contributed by atoms with van der Waals surface area (Å²) >= 11 is 0. The average Bonchev–Trinajstić information content (AvgIpc) is 2.85. The van der Waals surface area contributed by atoms with Gasteiger partial charge in [-0.3, -0.25) is 9.69 Å². The normalized spacial score (nSPS) is 14.8. The van der Waals surface area contributed by atoms with Crippen LogP contribution < -0.4 is 10.5 Å². The van der Waals surface area contributed by atoms with Crippen molar-refractivity contribution in [2.45, 2.75) is 19.9 Å². The predicted octanol–water partition coefficient (Wildman–Crippen LogP) is 5.67. The molecule has 1 aromatic heterocycles. The Morgan fingerprint density at radius 3 is 2.21 bits per heavy atom. The molecule has 0 unspecified atom stereocenters. The van der Waals surface area contributed by atoms with Crippen LogP contribution in [-0.2, 0) is 0 Å². The van der Waals surface area contributed by atoms with Gasteiger partial charge >= 0.3 is 0 Å². The number of aromatic amines is 1. The number of nitrogens with zero attached hydrogens (tertiary/aromatic N) is 2. The molecule has 1 N–H and O–H groups in total. The van der Waals surface area contributed by atoms with E-state index in [0.717, 1.165) is 60.9 Å². The molecule has 4 aromatic rings. The molecule has 0 radical (unpaired) electrons. The zero-order valence-corrected chi connectivity index (χ0v) is 19.3. The molecule has 1 saturated heterocycles. The highest BCUT2D eigenvalue weighted by molar-refractivity contribution is 5.88. The van der Waals surface area contributed by atoms with Crippen molar-refractivity contribution in [3.8, 4) is 22.3 Å². The first-order valence-corrected chi connectivity index (χ1v) is 11.6. The molecule has 2 heterocycles. The monoisotopic (exact) mass is 459 g/mol. The molecular weight excluding hydrogens is 432 g/mol. The van der Waals surface area contributed by atoms with E-state index in [1.807, 2.05) is 18.2 Å². The Kier molecular flexibility index (Phi) is 5.92. The van der Waals surface area contributed by atoms with Gasteiger partial charge in [-0.1, -0.05) is 18.2 Å². The highest BCUT2D eigenvalue weighted by Crippen LogP contribution is 2.29.